The number of methoxy groups -OCH3 is 1. The van der Waals surface area contributed by atoms with E-state index in [9.17, 15) is 9.59 Å². The van der Waals surface area contributed by atoms with Gasteiger partial charge in [0.05, 0.1) is 18.4 Å². The smallest absolute Gasteiger partial charge is 0.337 e. The Balaban J connectivity index is 2.84. The number of aromatic carboxylic acids is 1. The molecule has 0 heterocycles. The Labute approximate surface area is 118 Å². The molecule has 0 aliphatic carbocycles. The Morgan fingerprint density at radius 1 is 1.40 bits per heavy atom. The molecule has 0 aliphatic rings. The minimum Gasteiger partial charge on any atom is -0.497 e. The van der Waals surface area contributed by atoms with Gasteiger partial charge < -0.3 is 20.5 Å². The van der Waals surface area contributed by atoms with Crippen molar-refractivity contribution in [2.45, 2.75) is 32.7 Å². The van der Waals surface area contributed by atoms with E-state index in [2.05, 4.69) is 10.6 Å². The number of rotatable bonds is 6. The predicted octanol–water partition coefficient (Wildman–Crippen LogP) is 2.70. The fourth-order valence-corrected chi connectivity index (χ4v) is 1.83. The summed E-state index contributed by atoms with van der Waals surface area (Å²) in [6, 6.07) is 4.01. The molecule has 1 aromatic rings. The molecule has 6 nitrogen and oxygen atoms in total. The number of urea groups is 1. The third-order valence-corrected chi connectivity index (χ3v) is 2.80. The topological polar surface area (TPSA) is 87.7 Å². The molecule has 0 aliphatic heterocycles. The number of hydrogen-bond acceptors (Lipinski definition) is 3. The number of benzene rings is 1. The third kappa shape index (κ3) is 4.46. The van der Waals surface area contributed by atoms with Gasteiger partial charge in [0.25, 0.3) is 0 Å². The van der Waals surface area contributed by atoms with Crippen molar-refractivity contribution < 1.29 is 19.4 Å². The maximum atomic E-state index is 11.8. The lowest BCUT2D eigenvalue weighted by Crippen LogP contribution is -2.36. The molecule has 6 heteroatoms. The Hall–Kier alpha value is -2.24. The van der Waals surface area contributed by atoms with Gasteiger partial charge >= 0.3 is 12.0 Å². The highest BCUT2D eigenvalue weighted by Gasteiger charge is 2.14. The van der Waals surface area contributed by atoms with E-state index in [4.69, 9.17) is 9.84 Å². The molecule has 0 aromatic heterocycles. The summed E-state index contributed by atoms with van der Waals surface area (Å²) in [7, 11) is 1.48. The van der Waals surface area contributed by atoms with E-state index in [1.165, 1.54) is 25.3 Å². The van der Waals surface area contributed by atoms with E-state index in [1.807, 2.05) is 13.8 Å². The van der Waals surface area contributed by atoms with E-state index in [0.29, 0.717) is 5.75 Å². The molecular formula is C14H20N2O4. The molecule has 3 N–H and O–H groups in total. The summed E-state index contributed by atoms with van der Waals surface area (Å²) in [5, 5.41) is 14.4. The van der Waals surface area contributed by atoms with Gasteiger partial charge in [0.1, 0.15) is 5.75 Å². The largest absolute Gasteiger partial charge is 0.497 e. The van der Waals surface area contributed by atoms with Crippen LogP contribution >= 0.6 is 0 Å². The summed E-state index contributed by atoms with van der Waals surface area (Å²) in [6.45, 7) is 3.92. The predicted molar refractivity (Wildman–Crippen MR) is 76.5 cm³/mol. The Morgan fingerprint density at radius 3 is 2.65 bits per heavy atom. The van der Waals surface area contributed by atoms with Crippen LogP contribution in [0.15, 0.2) is 18.2 Å². The standard InChI is InChI=1S/C14H20N2O4/c1-4-5-9(2)15-14(19)16-12-8-10(20-3)6-7-11(12)13(17)18/h6-9H,4-5H2,1-3H3,(H,17,18)(H2,15,16,19). The van der Waals surface area contributed by atoms with Crippen LogP contribution < -0.4 is 15.4 Å². The van der Waals surface area contributed by atoms with Crippen LogP contribution in [0.1, 0.15) is 37.0 Å². The molecule has 0 fully saturated rings. The molecule has 1 aromatic carbocycles. The zero-order valence-corrected chi connectivity index (χ0v) is 11.9. The van der Waals surface area contributed by atoms with Gasteiger partial charge in [0.2, 0.25) is 0 Å². The Kier molecular flexibility index (Phi) is 5.83. The lowest BCUT2D eigenvalue weighted by Gasteiger charge is -2.15. The first kappa shape index (κ1) is 15.8. The van der Waals surface area contributed by atoms with Crippen LogP contribution in [0.25, 0.3) is 0 Å². The molecule has 1 unspecified atom stereocenters. The van der Waals surface area contributed by atoms with E-state index >= 15 is 0 Å². The highest BCUT2D eigenvalue weighted by molar-refractivity contribution is 6.00. The van der Waals surface area contributed by atoms with Gasteiger partial charge in [-0.1, -0.05) is 13.3 Å². The van der Waals surface area contributed by atoms with Crippen molar-refractivity contribution in [2.75, 3.05) is 12.4 Å². The van der Waals surface area contributed by atoms with Crippen molar-refractivity contribution in [3.63, 3.8) is 0 Å². The molecule has 0 saturated heterocycles. The third-order valence-electron chi connectivity index (χ3n) is 2.80. The normalized spacial score (nSPS) is 11.6. The molecule has 0 radical (unpaired) electrons. The number of ether oxygens (including phenoxy) is 1. The van der Waals surface area contributed by atoms with Gasteiger partial charge in [0.15, 0.2) is 0 Å². The number of hydrogen-bond donors (Lipinski definition) is 3. The maximum Gasteiger partial charge on any atom is 0.337 e. The van der Waals surface area contributed by atoms with Gasteiger partial charge in [-0.2, -0.15) is 0 Å². The molecule has 1 atom stereocenters. The molecule has 0 bridgehead atoms. The monoisotopic (exact) mass is 280 g/mol. The van der Waals surface area contributed by atoms with Crippen LogP contribution in [0, 0.1) is 0 Å². The fraction of sp³-hybridized carbons (Fsp3) is 0.429. The van der Waals surface area contributed by atoms with Crippen molar-refractivity contribution in [1.29, 1.82) is 0 Å². The van der Waals surface area contributed by atoms with Crippen molar-refractivity contribution in [2.24, 2.45) is 0 Å². The van der Waals surface area contributed by atoms with E-state index in [-0.39, 0.29) is 17.3 Å². The number of carbonyl (C=O) groups is 2. The zero-order valence-electron chi connectivity index (χ0n) is 11.9. The summed E-state index contributed by atoms with van der Waals surface area (Å²) in [4.78, 5) is 22.9. The van der Waals surface area contributed by atoms with Gasteiger partial charge in [-0.05, 0) is 25.5 Å². The summed E-state index contributed by atoms with van der Waals surface area (Å²) in [5.41, 5.74) is 0.224. The van der Waals surface area contributed by atoms with Crippen molar-refractivity contribution in [1.82, 2.24) is 5.32 Å². The molecule has 0 spiro atoms. The van der Waals surface area contributed by atoms with Crippen LogP contribution in [-0.4, -0.2) is 30.3 Å². The van der Waals surface area contributed by atoms with Crippen molar-refractivity contribution in [3.8, 4) is 5.75 Å². The second-order valence-electron chi connectivity index (χ2n) is 4.50. The Bertz CT molecular complexity index is 488. The Morgan fingerprint density at radius 2 is 2.10 bits per heavy atom. The van der Waals surface area contributed by atoms with E-state index in [0.717, 1.165) is 12.8 Å². The van der Waals surface area contributed by atoms with Gasteiger partial charge in [-0.25, -0.2) is 9.59 Å². The second-order valence-corrected chi connectivity index (χ2v) is 4.50. The van der Waals surface area contributed by atoms with E-state index in [1.54, 1.807) is 0 Å². The van der Waals surface area contributed by atoms with Crippen LogP contribution in [0.3, 0.4) is 0 Å². The van der Waals surface area contributed by atoms with Gasteiger partial charge in [-0.15, -0.1) is 0 Å². The molecular weight excluding hydrogens is 260 g/mol. The molecule has 20 heavy (non-hydrogen) atoms. The average Bonchev–Trinajstić information content (AvgIpc) is 2.38. The summed E-state index contributed by atoms with van der Waals surface area (Å²) in [6.07, 6.45) is 1.82. The summed E-state index contributed by atoms with van der Waals surface area (Å²) >= 11 is 0. The molecule has 0 saturated carbocycles. The quantitative estimate of drug-likeness (QED) is 0.747. The molecule has 110 valence electrons. The number of anilines is 1. The molecule has 1 rings (SSSR count). The fourth-order valence-electron chi connectivity index (χ4n) is 1.83. The highest BCUT2D eigenvalue weighted by atomic mass is 16.5. The van der Waals surface area contributed by atoms with Crippen LogP contribution in [-0.2, 0) is 0 Å². The zero-order chi connectivity index (χ0) is 15.1. The number of nitrogens with one attached hydrogen (secondary N) is 2. The van der Waals surface area contributed by atoms with Crippen LogP contribution in [0.2, 0.25) is 0 Å². The minimum absolute atomic E-state index is 0.0177. The molecule has 2 amide bonds. The second kappa shape index (κ2) is 7.37. The number of carbonyl (C=O) groups excluding carboxylic acids is 1. The minimum atomic E-state index is -1.11. The number of carboxylic acid groups (broad SMARTS) is 1. The van der Waals surface area contributed by atoms with E-state index < -0.39 is 12.0 Å². The van der Waals surface area contributed by atoms with Crippen molar-refractivity contribution in [3.05, 3.63) is 23.8 Å². The number of amides is 2. The summed E-state index contributed by atoms with van der Waals surface area (Å²) in [5.74, 6) is -0.628. The first-order chi connectivity index (χ1) is 9.47. The van der Waals surface area contributed by atoms with Gasteiger partial charge in [-0.3, -0.25) is 0 Å². The first-order valence-electron chi connectivity index (χ1n) is 6.46. The van der Waals surface area contributed by atoms with Crippen molar-refractivity contribution >= 4 is 17.7 Å². The SMILES string of the molecule is CCCC(C)NC(=O)Nc1cc(OC)ccc1C(=O)O. The highest BCUT2D eigenvalue weighted by Crippen LogP contribution is 2.22. The summed E-state index contributed by atoms with van der Waals surface area (Å²) < 4.78 is 5.03. The average molecular weight is 280 g/mol. The number of carboxylic acids is 1. The van der Waals surface area contributed by atoms with Gasteiger partial charge in [0, 0.05) is 12.1 Å². The lowest BCUT2D eigenvalue weighted by atomic mass is 10.1. The van der Waals surface area contributed by atoms with Crippen LogP contribution in [0.4, 0.5) is 10.5 Å². The lowest BCUT2D eigenvalue weighted by molar-refractivity contribution is 0.0698. The maximum absolute atomic E-state index is 11.8. The van der Waals surface area contributed by atoms with Crippen LogP contribution in [0.5, 0.6) is 5.75 Å². The first-order valence-corrected chi connectivity index (χ1v) is 6.46.